The molecular weight excluding hydrogens is 312 g/mol. The van der Waals surface area contributed by atoms with E-state index in [0.717, 1.165) is 49.9 Å². The molecule has 0 saturated carbocycles. The molecule has 0 aliphatic rings. The minimum Gasteiger partial charge on any atom is -0.320 e. The van der Waals surface area contributed by atoms with Crippen LogP contribution in [0.4, 0.5) is 9.59 Å². The van der Waals surface area contributed by atoms with Crippen molar-refractivity contribution in [1.29, 1.82) is 0 Å². The zero-order chi connectivity index (χ0) is 18.2. The minimum absolute atomic E-state index is 0.532. The summed E-state index contributed by atoms with van der Waals surface area (Å²) in [5, 5.41) is 12.6. The first-order valence-corrected chi connectivity index (χ1v) is 8.46. The van der Waals surface area contributed by atoms with E-state index in [1.165, 1.54) is 0 Å². The molecule has 0 atom stereocenters. The molecule has 0 aliphatic carbocycles. The number of nitrogens with zero attached hydrogens (tertiary/aromatic N) is 2. The Bertz CT molecular complexity index is 396. The summed E-state index contributed by atoms with van der Waals surface area (Å²) >= 11 is 0. The van der Waals surface area contributed by atoms with Gasteiger partial charge in [0, 0.05) is 13.1 Å². The monoisotopic (exact) mass is 342 g/mol. The van der Waals surface area contributed by atoms with Gasteiger partial charge in [0.2, 0.25) is 0 Å². The maximum absolute atomic E-state index is 11.3. The predicted octanol–water partition coefficient (Wildman–Crippen LogP) is 3.57. The van der Waals surface area contributed by atoms with E-state index in [1.54, 1.807) is 13.8 Å². The Hall–Kier alpha value is -2.12. The Morgan fingerprint density at radius 1 is 0.750 bits per heavy atom. The summed E-state index contributed by atoms with van der Waals surface area (Å²) in [7, 11) is 0. The average molecular weight is 342 g/mol. The Labute approximate surface area is 144 Å². The van der Waals surface area contributed by atoms with Gasteiger partial charge in [-0.15, -0.1) is 0 Å². The second-order valence-electron chi connectivity index (χ2n) is 5.39. The summed E-state index contributed by atoms with van der Waals surface area (Å²) in [6.45, 7) is 8.56. The molecule has 0 radical (unpaired) electrons. The van der Waals surface area contributed by atoms with Crippen molar-refractivity contribution in [2.45, 2.75) is 66.2 Å². The number of hydrogen-bond donors (Lipinski definition) is 2. The molecule has 2 N–H and O–H groups in total. The van der Waals surface area contributed by atoms with Gasteiger partial charge >= 0.3 is 12.2 Å². The van der Waals surface area contributed by atoms with Gasteiger partial charge < -0.3 is 10.6 Å². The molecule has 0 fully saturated rings. The van der Waals surface area contributed by atoms with Gasteiger partial charge in [0.15, 0.2) is 0 Å². The van der Waals surface area contributed by atoms with Crippen LogP contribution in [0.25, 0.3) is 0 Å². The van der Waals surface area contributed by atoms with Crippen molar-refractivity contribution in [3.8, 4) is 0 Å². The predicted molar refractivity (Wildman–Crippen MR) is 94.2 cm³/mol. The van der Waals surface area contributed by atoms with Gasteiger partial charge in [0.25, 0.3) is 0 Å². The van der Waals surface area contributed by atoms with E-state index < -0.39 is 12.2 Å². The minimum atomic E-state index is -0.532. The van der Waals surface area contributed by atoms with Gasteiger partial charge in [-0.1, -0.05) is 37.0 Å². The molecule has 0 heterocycles. The molecule has 0 aromatic heterocycles. The van der Waals surface area contributed by atoms with Crippen molar-refractivity contribution in [2.24, 2.45) is 10.3 Å². The van der Waals surface area contributed by atoms with Crippen LogP contribution in [-0.4, -0.2) is 36.7 Å². The van der Waals surface area contributed by atoms with Crippen LogP contribution in [0.15, 0.2) is 10.3 Å². The van der Waals surface area contributed by atoms with Gasteiger partial charge in [-0.3, -0.25) is 9.68 Å². The van der Waals surface area contributed by atoms with Crippen molar-refractivity contribution < 1.29 is 19.3 Å². The largest absolute Gasteiger partial charge is 0.433 e. The highest BCUT2D eigenvalue weighted by molar-refractivity contribution is 5.82. The second kappa shape index (κ2) is 14.5. The summed E-state index contributed by atoms with van der Waals surface area (Å²) in [4.78, 5) is 31.9. The van der Waals surface area contributed by atoms with Gasteiger partial charge in [-0.25, -0.2) is 9.59 Å². The summed E-state index contributed by atoms with van der Waals surface area (Å²) in [6, 6.07) is 0. The highest BCUT2D eigenvalue weighted by Gasteiger charge is 2.02. The molecule has 0 aromatic rings. The van der Waals surface area contributed by atoms with Crippen LogP contribution in [0.3, 0.4) is 0 Å². The Morgan fingerprint density at radius 3 is 1.46 bits per heavy atom. The Kier molecular flexibility index (Phi) is 13.2. The molecule has 138 valence electrons. The van der Waals surface area contributed by atoms with E-state index >= 15 is 0 Å². The zero-order valence-electron chi connectivity index (χ0n) is 15.2. The van der Waals surface area contributed by atoms with E-state index in [2.05, 4.69) is 30.6 Å². The maximum atomic E-state index is 11.3. The molecule has 24 heavy (non-hydrogen) atoms. The standard InChI is InChI=1S/C16H30N4O4/c1-5-13(3)19-23-15(21)17-11-9-7-8-10-12-18-16(22)24-20-14(4)6-2/h5-12H2,1-4H3,(H,17,21)(H,18,22)/b19-13+,20-14+. The van der Waals surface area contributed by atoms with Gasteiger partial charge in [-0.2, -0.15) is 0 Å². The quantitative estimate of drug-likeness (QED) is 0.259. The smallest absolute Gasteiger partial charge is 0.320 e. The van der Waals surface area contributed by atoms with Crippen molar-refractivity contribution in [3.05, 3.63) is 0 Å². The third-order valence-electron chi connectivity index (χ3n) is 3.23. The lowest BCUT2D eigenvalue weighted by molar-refractivity contribution is 0.149. The normalized spacial score (nSPS) is 11.8. The number of carbonyl (C=O) groups is 2. The van der Waals surface area contributed by atoms with Crippen LogP contribution in [0.5, 0.6) is 0 Å². The number of oxime groups is 2. The molecular formula is C16H30N4O4. The lowest BCUT2D eigenvalue weighted by Gasteiger charge is -2.05. The number of amides is 2. The van der Waals surface area contributed by atoms with Crippen molar-refractivity contribution in [2.75, 3.05) is 13.1 Å². The summed E-state index contributed by atoms with van der Waals surface area (Å²) in [5.41, 5.74) is 1.54. The molecule has 0 rings (SSSR count). The van der Waals surface area contributed by atoms with Gasteiger partial charge in [0.1, 0.15) is 0 Å². The highest BCUT2D eigenvalue weighted by Crippen LogP contribution is 1.98. The molecule has 8 nitrogen and oxygen atoms in total. The molecule has 0 unspecified atom stereocenters. The molecule has 0 spiro atoms. The van der Waals surface area contributed by atoms with Crippen LogP contribution >= 0.6 is 0 Å². The number of nitrogens with one attached hydrogen (secondary N) is 2. The number of unbranched alkanes of at least 4 members (excludes halogenated alkanes) is 3. The first-order chi connectivity index (χ1) is 11.5. The second-order valence-corrected chi connectivity index (χ2v) is 5.39. The van der Waals surface area contributed by atoms with Crippen molar-refractivity contribution >= 4 is 23.6 Å². The SMILES string of the molecule is CC/C(C)=N/OC(=O)NCCCCCCNC(=O)O/N=C(\C)CC. The molecule has 8 heteroatoms. The van der Waals surface area contributed by atoms with Crippen LogP contribution in [0, 0.1) is 0 Å². The first-order valence-electron chi connectivity index (χ1n) is 8.46. The van der Waals surface area contributed by atoms with Crippen LogP contribution in [0.1, 0.15) is 66.2 Å². The summed E-state index contributed by atoms with van der Waals surface area (Å²) in [5.74, 6) is 0. The van der Waals surface area contributed by atoms with Gasteiger partial charge in [-0.05, 0) is 39.5 Å². The number of carbonyl (C=O) groups excluding carboxylic acids is 2. The van der Waals surface area contributed by atoms with E-state index in [-0.39, 0.29) is 0 Å². The molecule has 0 aromatic carbocycles. The fraction of sp³-hybridized carbons (Fsp3) is 0.750. The maximum Gasteiger partial charge on any atom is 0.433 e. The first kappa shape index (κ1) is 21.9. The van der Waals surface area contributed by atoms with Crippen LogP contribution in [-0.2, 0) is 9.68 Å². The summed E-state index contributed by atoms with van der Waals surface area (Å²) < 4.78 is 0. The van der Waals surface area contributed by atoms with Crippen LogP contribution < -0.4 is 10.6 Å². The van der Waals surface area contributed by atoms with Crippen molar-refractivity contribution in [3.63, 3.8) is 0 Å². The average Bonchev–Trinajstić information content (AvgIpc) is 2.59. The Morgan fingerprint density at radius 2 is 1.12 bits per heavy atom. The van der Waals surface area contributed by atoms with E-state index in [4.69, 9.17) is 0 Å². The fourth-order valence-electron chi connectivity index (χ4n) is 1.42. The van der Waals surface area contributed by atoms with E-state index in [9.17, 15) is 9.59 Å². The molecule has 0 saturated heterocycles. The summed E-state index contributed by atoms with van der Waals surface area (Å²) in [6.07, 6.45) is 4.01. The third-order valence-corrected chi connectivity index (χ3v) is 3.23. The molecule has 0 aliphatic heterocycles. The van der Waals surface area contributed by atoms with E-state index in [1.807, 2.05) is 13.8 Å². The zero-order valence-corrected chi connectivity index (χ0v) is 15.2. The lowest BCUT2D eigenvalue weighted by atomic mass is 10.2. The molecule has 2 amide bonds. The fourth-order valence-corrected chi connectivity index (χ4v) is 1.42. The van der Waals surface area contributed by atoms with E-state index in [0.29, 0.717) is 13.1 Å². The Balaban J connectivity index is 3.48. The van der Waals surface area contributed by atoms with Gasteiger partial charge in [0.05, 0.1) is 11.4 Å². The van der Waals surface area contributed by atoms with Crippen molar-refractivity contribution in [1.82, 2.24) is 10.6 Å². The number of rotatable bonds is 11. The molecule has 0 bridgehead atoms. The highest BCUT2D eigenvalue weighted by atomic mass is 16.7. The topological polar surface area (TPSA) is 101 Å². The number of hydrogen-bond acceptors (Lipinski definition) is 6. The van der Waals surface area contributed by atoms with Crippen LogP contribution in [0.2, 0.25) is 0 Å². The lowest BCUT2D eigenvalue weighted by Crippen LogP contribution is -2.25. The third kappa shape index (κ3) is 13.5.